The van der Waals surface area contributed by atoms with Gasteiger partial charge in [-0.05, 0) is 38.2 Å². The summed E-state index contributed by atoms with van der Waals surface area (Å²) in [5.41, 5.74) is -0.0254. The van der Waals surface area contributed by atoms with Crippen LogP contribution in [0.1, 0.15) is 13.8 Å². The Bertz CT molecular complexity index is 454. The minimum Gasteiger partial charge on any atom is -0.474 e. The topological polar surface area (TPSA) is 29.5 Å². The molecule has 0 unspecified atom stereocenters. The molecule has 0 N–H and O–H groups in total. The maximum Gasteiger partial charge on any atom is 0.270 e. The smallest absolute Gasteiger partial charge is 0.270 e. The molecule has 1 aromatic rings. The van der Waals surface area contributed by atoms with Crippen LogP contribution in [0.25, 0.3) is 0 Å². The second kappa shape index (κ2) is 5.78. The number of carbonyl (C=O) groups is 1. The molecule has 18 heavy (non-hydrogen) atoms. The summed E-state index contributed by atoms with van der Waals surface area (Å²) < 4.78 is 5.03. The number of para-hydroxylation sites is 1. The first-order chi connectivity index (χ1) is 8.44. The zero-order valence-corrected chi connectivity index (χ0v) is 11.7. The van der Waals surface area contributed by atoms with Crippen molar-refractivity contribution in [2.45, 2.75) is 13.8 Å². The molecule has 0 saturated carbocycles. The van der Waals surface area contributed by atoms with E-state index in [1.807, 2.05) is 30.3 Å². The fourth-order valence-electron chi connectivity index (χ4n) is 1.35. The molecule has 0 atom stereocenters. The predicted molar refractivity (Wildman–Crippen MR) is 77.5 cm³/mol. The first kappa shape index (κ1) is 14.4. The van der Waals surface area contributed by atoms with Crippen LogP contribution in [0.15, 0.2) is 43.0 Å². The highest BCUT2D eigenvalue weighted by Gasteiger charge is 2.32. The van der Waals surface area contributed by atoms with Crippen molar-refractivity contribution in [1.82, 2.24) is 0 Å². The first-order valence-electron chi connectivity index (χ1n) is 5.55. The van der Waals surface area contributed by atoms with E-state index in [-0.39, 0.29) is 11.1 Å². The molecular formula is C14H17NO2S. The van der Waals surface area contributed by atoms with Crippen LogP contribution >= 0.6 is 12.2 Å². The molecule has 3 nitrogen and oxygen atoms in total. The SMILES string of the molecule is C=CC(C)(C)C(=O)N(C(=S)OC)c1ccccc1. The van der Waals surface area contributed by atoms with E-state index in [9.17, 15) is 4.79 Å². The van der Waals surface area contributed by atoms with Crippen molar-refractivity contribution in [3.05, 3.63) is 43.0 Å². The van der Waals surface area contributed by atoms with E-state index in [4.69, 9.17) is 17.0 Å². The van der Waals surface area contributed by atoms with Gasteiger partial charge in [-0.25, -0.2) is 4.90 Å². The lowest BCUT2D eigenvalue weighted by Gasteiger charge is -2.29. The number of thiocarbonyl (C=S) groups is 1. The molecule has 4 heteroatoms. The molecule has 0 radical (unpaired) electrons. The van der Waals surface area contributed by atoms with Crippen molar-refractivity contribution in [1.29, 1.82) is 0 Å². The quantitative estimate of drug-likeness (QED) is 0.619. The van der Waals surface area contributed by atoms with E-state index >= 15 is 0 Å². The van der Waals surface area contributed by atoms with E-state index in [0.29, 0.717) is 5.69 Å². The minimum atomic E-state index is -0.710. The summed E-state index contributed by atoms with van der Waals surface area (Å²) in [5.74, 6) is -0.171. The highest BCUT2D eigenvalue weighted by Crippen LogP contribution is 2.25. The third kappa shape index (κ3) is 2.96. The number of rotatable bonds is 3. The molecule has 0 aromatic heterocycles. The number of amides is 1. The lowest BCUT2D eigenvalue weighted by Crippen LogP contribution is -2.44. The predicted octanol–water partition coefficient (Wildman–Crippen LogP) is 3.16. The Morgan fingerprint density at radius 3 is 2.39 bits per heavy atom. The van der Waals surface area contributed by atoms with Crippen LogP contribution in [-0.2, 0) is 9.53 Å². The summed E-state index contributed by atoms with van der Waals surface area (Å²) in [5, 5.41) is 0.126. The average molecular weight is 263 g/mol. The van der Waals surface area contributed by atoms with Gasteiger partial charge in [-0.15, -0.1) is 6.58 Å². The molecule has 0 aliphatic carbocycles. The van der Waals surface area contributed by atoms with Gasteiger partial charge < -0.3 is 4.74 Å². The van der Waals surface area contributed by atoms with Crippen LogP contribution in [-0.4, -0.2) is 18.2 Å². The lowest BCUT2D eigenvalue weighted by atomic mass is 9.92. The van der Waals surface area contributed by atoms with Crippen LogP contribution in [0.2, 0.25) is 0 Å². The molecule has 1 aromatic carbocycles. The number of anilines is 1. The van der Waals surface area contributed by atoms with Crippen LogP contribution in [0.3, 0.4) is 0 Å². The molecule has 1 amide bonds. The van der Waals surface area contributed by atoms with Gasteiger partial charge in [0.15, 0.2) is 0 Å². The van der Waals surface area contributed by atoms with Gasteiger partial charge in [-0.2, -0.15) is 0 Å². The summed E-state index contributed by atoms with van der Waals surface area (Å²) in [6, 6.07) is 9.18. The summed E-state index contributed by atoms with van der Waals surface area (Å²) >= 11 is 5.10. The van der Waals surface area contributed by atoms with Crippen molar-refractivity contribution in [2.24, 2.45) is 5.41 Å². The van der Waals surface area contributed by atoms with Crippen molar-refractivity contribution in [2.75, 3.05) is 12.0 Å². The zero-order chi connectivity index (χ0) is 13.8. The molecule has 0 heterocycles. The Morgan fingerprint density at radius 2 is 1.94 bits per heavy atom. The van der Waals surface area contributed by atoms with Crippen LogP contribution < -0.4 is 4.90 Å². The Labute approximate surface area is 113 Å². The standard InChI is InChI=1S/C14H17NO2S/c1-5-14(2,3)12(16)15(13(18)17-4)11-9-7-6-8-10-11/h5-10H,1H2,2-4H3. The number of nitrogens with zero attached hydrogens (tertiary/aromatic N) is 1. The van der Waals surface area contributed by atoms with Crippen molar-refractivity contribution >= 4 is 29.0 Å². The summed E-state index contributed by atoms with van der Waals surface area (Å²) in [7, 11) is 1.45. The molecule has 0 aliphatic rings. The van der Waals surface area contributed by atoms with Crippen LogP contribution in [0.5, 0.6) is 0 Å². The van der Waals surface area contributed by atoms with Gasteiger partial charge in [-0.1, -0.05) is 24.3 Å². The van der Waals surface area contributed by atoms with E-state index in [1.54, 1.807) is 19.9 Å². The fraction of sp³-hybridized carbons (Fsp3) is 0.286. The highest BCUT2D eigenvalue weighted by atomic mass is 32.1. The zero-order valence-electron chi connectivity index (χ0n) is 10.8. The monoisotopic (exact) mass is 263 g/mol. The Balaban J connectivity index is 3.20. The number of ether oxygens (including phenoxy) is 1. The summed E-state index contributed by atoms with van der Waals surface area (Å²) in [4.78, 5) is 13.9. The Morgan fingerprint density at radius 1 is 1.39 bits per heavy atom. The summed E-state index contributed by atoms with van der Waals surface area (Å²) in [6.45, 7) is 7.26. The largest absolute Gasteiger partial charge is 0.474 e. The third-order valence-corrected chi connectivity index (χ3v) is 2.99. The first-order valence-corrected chi connectivity index (χ1v) is 5.96. The minimum absolute atomic E-state index is 0.126. The lowest BCUT2D eigenvalue weighted by molar-refractivity contribution is -0.123. The van der Waals surface area contributed by atoms with Gasteiger partial charge in [-0.3, -0.25) is 4.79 Å². The Hall–Kier alpha value is -1.68. The fourth-order valence-corrected chi connectivity index (χ4v) is 1.54. The second-order valence-corrected chi connectivity index (χ2v) is 4.72. The van der Waals surface area contributed by atoms with Gasteiger partial charge in [0.1, 0.15) is 0 Å². The van der Waals surface area contributed by atoms with Crippen LogP contribution in [0.4, 0.5) is 5.69 Å². The normalized spacial score (nSPS) is 10.6. The van der Waals surface area contributed by atoms with E-state index in [2.05, 4.69) is 6.58 Å². The molecule has 0 spiro atoms. The van der Waals surface area contributed by atoms with Crippen molar-refractivity contribution in [3.63, 3.8) is 0 Å². The van der Waals surface area contributed by atoms with Crippen molar-refractivity contribution in [3.8, 4) is 0 Å². The van der Waals surface area contributed by atoms with Gasteiger partial charge in [0.2, 0.25) is 5.91 Å². The summed E-state index contributed by atoms with van der Waals surface area (Å²) in [6.07, 6.45) is 1.60. The van der Waals surface area contributed by atoms with E-state index in [1.165, 1.54) is 12.0 Å². The van der Waals surface area contributed by atoms with Crippen molar-refractivity contribution < 1.29 is 9.53 Å². The van der Waals surface area contributed by atoms with E-state index in [0.717, 1.165) is 0 Å². The maximum absolute atomic E-state index is 12.5. The number of carbonyl (C=O) groups excluding carboxylic acids is 1. The average Bonchev–Trinajstić information content (AvgIpc) is 2.39. The molecular weight excluding hydrogens is 246 g/mol. The molecule has 0 saturated heterocycles. The van der Waals surface area contributed by atoms with Gasteiger partial charge >= 0.3 is 0 Å². The number of benzene rings is 1. The molecule has 0 fully saturated rings. The Kier molecular flexibility index (Phi) is 4.62. The number of hydrogen-bond acceptors (Lipinski definition) is 3. The van der Waals surface area contributed by atoms with Gasteiger partial charge in [0, 0.05) is 0 Å². The van der Waals surface area contributed by atoms with Gasteiger partial charge in [0.25, 0.3) is 5.17 Å². The maximum atomic E-state index is 12.5. The molecule has 96 valence electrons. The molecule has 0 aliphatic heterocycles. The molecule has 0 bridgehead atoms. The number of methoxy groups -OCH3 is 1. The third-order valence-electron chi connectivity index (χ3n) is 2.64. The van der Waals surface area contributed by atoms with Gasteiger partial charge in [0.05, 0.1) is 18.2 Å². The second-order valence-electron chi connectivity index (χ2n) is 4.37. The number of hydrogen-bond donors (Lipinski definition) is 0. The van der Waals surface area contributed by atoms with E-state index < -0.39 is 5.41 Å². The molecule has 1 rings (SSSR count). The van der Waals surface area contributed by atoms with Crippen LogP contribution in [0, 0.1) is 5.41 Å². The highest BCUT2D eigenvalue weighted by molar-refractivity contribution is 7.80.